The smallest absolute Gasteiger partial charge is 0.317 e. The summed E-state index contributed by atoms with van der Waals surface area (Å²) in [7, 11) is 1.57. The zero-order chi connectivity index (χ0) is 13.7. The highest BCUT2D eigenvalue weighted by atomic mass is 32.1. The van der Waals surface area contributed by atoms with Gasteiger partial charge in [-0.15, -0.1) is 11.3 Å². The molecular weight excluding hydrogens is 254 g/mol. The fourth-order valence-corrected chi connectivity index (χ4v) is 2.02. The summed E-state index contributed by atoms with van der Waals surface area (Å²) in [6.45, 7) is 3.58. The standard InChI is InChI=1S/C11H17N3O3S/c1-7(10(15)16)6-14(3)11(17)13-8(2)9-12-4-5-18-9/h4-5,7-8H,6H2,1-3H3,(H,13,17)(H,15,16). The minimum Gasteiger partial charge on any atom is -0.481 e. The Morgan fingerprint density at radius 3 is 2.72 bits per heavy atom. The first kappa shape index (κ1) is 14.4. The van der Waals surface area contributed by atoms with Gasteiger partial charge in [-0.25, -0.2) is 9.78 Å². The molecule has 100 valence electrons. The van der Waals surface area contributed by atoms with E-state index >= 15 is 0 Å². The van der Waals surface area contributed by atoms with E-state index in [1.807, 2.05) is 12.3 Å². The van der Waals surface area contributed by atoms with Crippen LogP contribution >= 0.6 is 11.3 Å². The summed E-state index contributed by atoms with van der Waals surface area (Å²) in [5, 5.41) is 14.2. The molecule has 1 rings (SSSR count). The van der Waals surface area contributed by atoms with Crippen LogP contribution in [0.4, 0.5) is 4.79 Å². The summed E-state index contributed by atoms with van der Waals surface area (Å²) in [4.78, 5) is 28.0. The van der Waals surface area contributed by atoms with Gasteiger partial charge in [0.25, 0.3) is 0 Å². The number of hydrogen-bond donors (Lipinski definition) is 2. The fourth-order valence-electron chi connectivity index (χ4n) is 1.38. The van der Waals surface area contributed by atoms with E-state index < -0.39 is 11.9 Å². The van der Waals surface area contributed by atoms with Gasteiger partial charge in [0.1, 0.15) is 5.01 Å². The van der Waals surface area contributed by atoms with E-state index in [9.17, 15) is 9.59 Å². The lowest BCUT2D eigenvalue weighted by Gasteiger charge is -2.22. The largest absolute Gasteiger partial charge is 0.481 e. The van der Waals surface area contributed by atoms with Crippen molar-refractivity contribution in [3.8, 4) is 0 Å². The quantitative estimate of drug-likeness (QED) is 0.851. The van der Waals surface area contributed by atoms with E-state index in [0.29, 0.717) is 0 Å². The van der Waals surface area contributed by atoms with Crippen molar-refractivity contribution >= 4 is 23.3 Å². The van der Waals surface area contributed by atoms with E-state index in [-0.39, 0.29) is 18.6 Å². The van der Waals surface area contributed by atoms with Crippen LogP contribution < -0.4 is 5.32 Å². The van der Waals surface area contributed by atoms with Crippen LogP contribution in [0.2, 0.25) is 0 Å². The Hall–Kier alpha value is -1.63. The topological polar surface area (TPSA) is 82.5 Å². The summed E-state index contributed by atoms with van der Waals surface area (Å²) in [5.74, 6) is -1.50. The maximum atomic E-state index is 11.8. The van der Waals surface area contributed by atoms with E-state index in [2.05, 4.69) is 10.3 Å². The number of carboxylic acid groups (broad SMARTS) is 1. The van der Waals surface area contributed by atoms with Crippen molar-refractivity contribution in [3.05, 3.63) is 16.6 Å². The van der Waals surface area contributed by atoms with Crippen LogP contribution in [0.15, 0.2) is 11.6 Å². The number of aliphatic carboxylic acids is 1. The molecule has 18 heavy (non-hydrogen) atoms. The van der Waals surface area contributed by atoms with Crippen LogP contribution in [0.3, 0.4) is 0 Å². The molecule has 0 aliphatic rings. The highest BCUT2D eigenvalue weighted by Crippen LogP contribution is 2.14. The second kappa shape index (κ2) is 6.34. The Morgan fingerprint density at radius 2 is 2.22 bits per heavy atom. The molecule has 0 aromatic carbocycles. The zero-order valence-electron chi connectivity index (χ0n) is 10.6. The predicted molar refractivity (Wildman–Crippen MR) is 68.5 cm³/mol. The SMILES string of the molecule is CC(CN(C)C(=O)NC(C)c1nccs1)C(=O)O. The van der Waals surface area contributed by atoms with Gasteiger partial charge >= 0.3 is 12.0 Å². The molecule has 2 N–H and O–H groups in total. The first-order valence-corrected chi connectivity index (χ1v) is 6.43. The van der Waals surface area contributed by atoms with Crippen LogP contribution in [0.25, 0.3) is 0 Å². The van der Waals surface area contributed by atoms with E-state index in [4.69, 9.17) is 5.11 Å². The number of carboxylic acids is 1. The van der Waals surface area contributed by atoms with Crippen molar-refractivity contribution in [2.75, 3.05) is 13.6 Å². The van der Waals surface area contributed by atoms with Crippen LogP contribution in [-0.2, 0) is 4.79 Å². The molecule has 0 radical (unpaired) electrons. The lowest BCUT2D eigenvalue weighted by atomic mass is 10.2. The van der Waals surface area contributed by atoms with Crippen molar-refractivity contribution in [1.82, 2.24) is 15.2 Å². The Labute approximate surface area is 110 Å². The zero-order valence-corrected chi connectivity index (χ0v) is 11.4. The monoisotopic (exact) mass is 271 g/mol. The van der Waals surface area contributed by atoms with E-state index in [0.717, 1.165) is 5.01 Å². The number of nitrogens with one attached hydrogen (secondary N) is 1. The molecule has 0 saturated heterocycles. The maximum Gasteiger partial charge on any atom is 0.317 e. The summed E-state index contributed by atoms with van der Waals surface area (Å²) in [6.07, 6.45) is 1.68. The van der Waals surface area contributed by atoms with Crippen LogP contribution in [0, 0.1) is 5.92 Å². The number of rotatable bonds is 5. The predicted octanol–water partition coefficient (Wildman–Crippen LogP) is 1.57. The molecule has 0 spiro atoms. The molecule has 7 heteroatoms. The van der Waals surface area contributed by atoms with Crippen molar-refractivity contribution in [3.63, 3.8) is 0 Å². The molecular formula is C11H17N3O3S. The Balaban J connectivity index is 2.47. The fraction of sp³-hybridized carbons (Fsp3) is 0.545. The Morgan fingerprint density at radius 1 is 1.56 bits per heavy atom. The third-order valence-corrected chi connectivity index (χ3v) is 3.44. The lowest BCUT2D eigenvalue weighted by Crippen LogP contribution is -2.41. The number of carbonyl (C=O) groups excluding carboxylic acids is 1. The number of urea groups is 1. The summed E-state index contributed by atoms with van der Waals surface area (Å²) in [6, 6.07) is -0.481. The number of aromatic nitrogens is 1. The van der Waals surface area contributed by atoms with Gasteiger partial charge in [0.05, 0.1) is 12.0 Å². The molecule has 1 aromatic rings. The average molecular weight is 271 g/mol. The van der Waals surface area contributed by atoms with Gasteiger partial charge in [0.15, 0.2) is 0 Å². The number of thiazole rings is 1. The lowest BCUT2D eigenvalue weighted by molar-refractivity contribution is -0.141. The Bertz CT molecular complexity index is 408. The minimum atomic E-state index is -0.914. The number of nitrogens with zero attached hydrogens (tertiary/aromatic N) is 2. The number of amides is 2. The van der Waals surface area contributed by atoms with Gasteiger partial charge in [-0.1, -0.05) is 6.92 Å². The molecule has 0 fully saturated rings. The number of hydrogen-bond acceptors (Lipinski definition) is 4. The second-order valence-corrected chi connectivity index (χ2v) is 5.09. The van der Waals surface area contributed by atoms with E-state index in [1.54, 1.807) is 20.2 Å². The molecule has 0 aliphatic carbocycles. The highest BCUT2D eigenvalue weighted by Gasteiger charge is 2.19. The maximum absolute atomic E-state index is 11.8. The third-order valence-electron chi connectivity index (χ3n) is 2.48. The minimum absolute atomic E-state index is 0.172. The van der Waals surface area contributed by atoms with Crippen LogP contribution in [0.5, 0.6) is 0 Å². The number of carbonyl (C=O) groups is 2. The van der Waals surface area contributed by atoms with Gasteiger partial charge < -0.3 is 15.3 Å². The van der Waals surface area contributed by atoms with Gasteiger partial charge in [-0.05, 0) is 6.92 Å². The first-order valence-electron chi connectivity index (χ1n) is 5.55. The van der Waals surface area contributed by atoms with Gasteiger partial charge in [0, 0.05) is 25.2 Å². The van der Waals surface area contributed by atoms with Crippen LogP contribution in [0.1, 0.15) is 24.9 Å². The summed E-state index contributed by atoms with van der Waals surface area (Å²) in [5.41, 5.74) is 0. The molecule has 0 aliphatic heterocycles. The molecule has 6 nitrogen and oxygen atoms in total. The first-order chi connectivity index (χ1) is 8.41. The van der Waals surface area contributed by atoms with Crippen molar-refractivity contribution < 1.29 is 14.7 Å². The average Bonchev–Trinajstić information content (AvgIpc) is 2.81. The highest BCUT2D eigenvalue weighted by molar-refractivity contribution is 7.09. The van der Waals surface area contributed by atoms with E-state index in [1.165, 1.54) is 16.2 Å². The van der Waals surface area contributed by atoms with Crippen molar-refractivity contribution in [1.29, 1.82) is 0 Å². The van der Waals surface area contributed by atoms with Gasteiger partial charge in [-0.2, -0.15) is 0 Å². The van der Waals surface area contributed by atoms with Crippen molar-refractivity contribution in [2.45, 2.75) is 19.9 Å². The molecule has 2 amide bonds. The molecule has 2 unspecified atom stereocenters. The van der Waals surface area contributed by atoms with Gasteiger partial charge in [0.2, 0.25) is 0 Å². The van der Waals surface area contributed by atoms with Crippen molar-refractivity contribution in [2.24, 2.45) is 5.92 Å². The van der Waals surface area contributed by atoms with Gasteiger partial charge in [-0.3, -0.25) is 4.79 Å². The third kappa shape index (κ3) is 3.99. The summed E-state index contributed by atoms with van der Waals surface area (Å²) < 4.78 is 0. The summed E-state index contributed by atoms with van der Waals surface area (Å²) >= 11 is 1.47. The second-order valence-electron chi connectivity index (χ2n) is 4.16. The molecule has 0 saturated carbocycles. The Kier molecular flexibility index (Phi) is 5.08. The normalized spacial score (nSPS) is 13.7. The molecule has 1 aromatic heterocycles. The molecule has 0 bridgehead atoms. The van der Waals surface area contributed by atoms with Crippen LogP contribution in [-0.4, -0.2) is 40.6 Å². The molecule has 1 heterocycles. The molecule has 2 atom stereocenters.